The Labute approximate surface area is 103 Å². The van der Waals surface area contributed by atoms with E-state index >= 15 is 0 Å². The maximum atomic E-state index is 8.64. The minimum absolute atomic E-state index is 0.461. The molecule has 3 nitrogen and oxygen atoms in total. The summed E-state index contributed by atoms with van der Waals surface area (Å²) in [6, 6.07) is 8.28. The van der Waals surface area contributed by atoms with Gasteiger partial charge in [-0.05, 0) is 18.1 Å². The molecule has 17 heavy (non-hydrogen) atoms. The smallest absolute Gasteiger partial charge is 0.0700 e. The van der Waals surface area contributed by atoms with E-state index < -0.39 is 0 Å². The molecule has 0 amide bonds. The lowest BCUT2D eigenvalue weighted by molar-refractivity contribution is 0.770. The highest BCUT2D eigenvalue weighted by atomic mass is 15.3. The van der Waals surface area contributed by atoms with E-state index in [1.807, 2.05) is 37.7 Å². The van der Waals surface area contributed by atoms with Gasteiger partial charge in [0.2, 0.25) is 0 Å². The minimum atomic E-state index is 0.461. The second-order valence-electron chi connectivity index (χ2n) is 3.61. The number of hydrogen-bond donors (Lipinski definition) is 0. The van der Waals surface area contributed by atoms with E-state index in [9.17, 15) is 0 Å². The summed E-state index contributed by atoms with van der Waals surface area (Å²) in [6.07, 6.45) is 1.40. The first-order chi connectivity index (χ1) is 8.26. The Morgan fingerprint density at radius 3 is 2.65 bits per heavy atom. The summed E-state index contributed by atoms with van der Waals surface area (Å²) in [4.78, 5) is 0. The van der Waals surface area contributed by atoms with E-state index in [-0.39, 0.29) is 0 Å². The molecule has 0 aliphatic heterocycles. The topological polar surface area (TPSA) is 41.6 Å². The van der Waals surface area contributed by atoms with Crippen molar-refractivity contribution in [1.29, 1.82) is 5.26 Å². The molecule has 0 fully saturated rings. The van der Waals surface area contributed by atoms with Gasteiger partial charge in [0.05, 0.1) is 23.7 Å². The molecule has 2 aromatic rings. The summed E-state index contributed by atoms with van der Waals surface area (Å²) in [5.41, 5.74) is 3.28. The van der Waals surface area contributed by atoms with Crippen LogP contribution >= 0.6 is 0 Å². The van der Waals surface area contributed by atoms with E-state index in [1.165, 1.54) is 5.39 Å². The molecule has 0 atom stereocenters. The molecule has 0 spiro atoms. The van der Waals surface area contributed by atoms with Crippen molar-refractivity contribution in [3.8, 4) is 6.07 Å². The van der Waals surface area contributed by atoms with Crippen molar-refractivity contribution in [2.75, 3.05) is 0 Å². The number of nitriles is 1. The number of aryl methyl sites for hydroxylation is 2. The van der Waals surface area contributed by atoms with Gasteiger partial charge in [0, 0.05) is 12.4 Å². The number of nitrogens with zero attached hydrogens (tertiary/aromatic N) is 3. The van der Waals surface area contributed by atoms with Crippen LogP contribution in [0.2, 0.25) is 0 Å². The molecule has 2 rings (SSSR count). The second kappa shape index (κ2) is 6.05. The standard InChI is InChI=1S/C12H13N3.C2H6/c1-3-11-10-5-4-9(6-7-13)8-12(10)15(2)14-11;1-2/h4-5,8H,3,6H2,1-2H3;1-2H3. The highest BCUT2D eigenvalue weighted by Gasteiger charge is 2.06. The van der Waals surface area contributed by atoms with Crippen LogP contribution in [0.4, 0.5) is 0 Å². The van der Waals surface area contributed by atoms with Gasteiger partial charge in [0.25, 0.3) is 0 Å². The van der Waals surface area contributed by atoms with Gasteiger partial charge in [-0.3, -0.25) is 4.68 Å². The lowest BCUT2D eigenvalue weighted by Gasteiger charge is -1.97. The number of aromatic nitrogens is 2. The Morgan fingerprint density at radius 1 is 1.35 bits per heavy atom. The molecular weight excluding hydrogens is 210 g/mol. The normalized spacial score (nSPS) is 9.59. The zero-order chi connectivity index (χ0) is 12.8. The first-order valence-electron chi connectivity index (χ1n) is 6.07. The Hall–Kier alpha value is -1.82. The molecular formula is C14H19N3. The summed E-state index contributed by atoms with van der Waals surface area (Å²) in [7, 11) is 1.94. The van der Waals surface area contributed by atoms with E-state index in [2.05, 4.69) is 24.2 Å². The van der Waals surface area contributed by atoms with Crippen LogP contribution < -0.4 is 0 Å². The molecule has 3 heteroatoms. The first kappa shape index (κ1) is 13.2. The first-order valence-corrected chi connectivity index (χ1v) is 6.07. The molecule has 90 valence electrons. The summed E-state index contributed by atoms with van der Waals surface area (Å²) >= 11 is 0. The fourth-order valence-corrected chi connectivity index (χ4v) is 1.84. The van der Waals surface area contributed by atoms with Crippen LogP contribution in [0, 0.1) is 11.3 Å². The fourth-order valence-electron chi connectivity index (χ4n) is 1.84. The summed E-state index contributed by atoms with van der Waals surface area (Å²) in [5, 5.41) is 14.3. The Balaban J connectivity index is 0.000000686. The Bertz CT molecular complexity index is 532. The summed E-state index contributed by atoms with van der Waals surface area (Å²) in [5.74, 6) is 0. The van der Waals surface area contributed by atoms with Crippen molar-refractivity contribution in [2.24, 2.45) is 7.05 Å². The van der Waals surface area contributed by atoms with Gasteiger partial charge < -0.3 is 0 Å². The van der Waals surface area contributed by atoms with Crippen LogP contribution in [-0.2, 0) is 19.9 Å². The van der Waals surface area contributed by atoms with Crippen LogP contribution in [-0.4, -0.2) is 9.78 Å². The number of benzene rings is 1. The van der Waals surface area contributed by atoms with E-state index in [1.54, 1.807) is 0 Å². The predicted octanol–water partition coefficient (Wildman–Crippen LogP) is 3.23. The third-order valence-corrected chi connectivity index (χ3v) is 2.61. The Kier molecular flexibility index (Phi) is 4.71. The lowest BCUT2D eigenvalue weighted by Crippen LogP contribution is -1.91. The van der Waals surface area contributed by atoms with Gasteiger partial charge in [-0.2, -0.15) is 10.4 Å². The molecule has 0 aliphatic rings. The molecule has 0 radical (unpaired) electrons. The molecule has 0 bridgehead atoms. The minimum Gasteiger partial charge on any atom is -0.268 e. The van der Waals surface area contributed by atoms with Gasteiger partial charge in [0.15, 0.2) is 0 Å². The van der Waals surface area contributed by atoms with Crippen molar-refractivity contribution in [1.82, 2.24) is 9.78 Å². The molecule has 1 heterocycles. The SMILES string of the molecule is CC.CCc1nn(C)c2cc(CC#N)ccc12. The Morgan fingerprint density at radius 2 is 2.06 bits per heavy atom. The van der Waals surface area contributed by atoms with Crippen LogP contribution in [0.5, 0.6) is 0 Å². The van der Waals surface area contributed by atoms with Crippen molar-refractivity contribution >= 4 is 10.9 Å². The van der Waals surface area contributed by atoms with Crippen molar-refractivity contribution < 1.29 is 0 Å². The van der Waals surface area contributed by atoms with Crippen LogP contribution in [0.3, 0.4) is 0 Å². The lowest BCUT2D eigenvalue weighted by atomic mass is 10.1. The third kappa shape index (κ3) is 2.65. The quantitative estimate of drug-likeness (QED) is 0.793. The molecule has 0 saturated carbocycles. The van der Waals surface area contributed by atoms with Crippen molar-refractivity contribution in [2.45, 2.75) is 33.6 Å². The fraction of sp³-hybridized carbons (Fsp3) is 0.429. The highest BCUT2D eigenvalue weighted by molar-refractivity contribution is 5.82. The molecule has 1 aromatic carbocycles. The molecule has 0 unspecified atom stereocenters. The number of hydrogen-bond acceptors (Lipinski definition) is 2. The zero-order valence-electron chi connectivity index (χ0n) is 11.0. The molecule has 0 aliphatic carbocycles. The second-order valence-corrected chi connectivity index (χ2v) is 3.61. The van der Waals surface area contributed by atoms with Crippen molar-refractivity contribution in [3.05, 3.63) is 29.5 Å². The average Bonchev–Trinajstić information content (AvgIpc) is 2.69. The van der Waals surface area contributed by atoms with Gasteiger partial charge in [-0.25, -0.2) is 0 Å². The summed E-state index contributed by atoms with van der Waals surface area (Å²) in [6.45, 7) is 6.10. The van der Waals surface area contributed by atoms with E-state index in [0.717, 1.165) is 23.2 Å². The van der Waals surface area contributed by atoms with Gasteiger partial charge in [-0.15, -0.1) is 0 Å². The summed E-state index contributed by atoms with van der Waals surface area (Å²) < 4.78 is 1.88. The molecule has 0 N–H and O–H groups in total. The predicted molar refractivity (Wildman–Crippen MR) is 70.8 cm³/mol. The van der Waals surface area contributed by atoms with E-state index in [0.29, 0.717) is 6.42 Å². The van der Waals surface area contributed by atoms with E-state index in [4.69, 9.17) is 5.26 Å². The average molecular weight is 229 g/mol. The van der Waals surface area contributed by atoms with Crippen LogP contribution in [0.1, 0.15) is 32.0 Å². The van der Waals surface area contributed by atoms with Gasteiger partial charge in [-0.1, -0.05) is 32.9 Å². The monoisotopic (exact) mass is 229 g/mol. The van der Waals surface area contributed by atoms with Crippen LogP contribution in [0.25, 0.3) is 10.9 Å². The zero-order valence-corrected chi connectivity index (χ0v) is 11.0. The highest BCUT2D eigenvalue weighted by Crippen LogP contribution is 2.20. The largest absolute Gasteiger partial charge is 0.268 e. The van der Waals surface area contributed by atoms with Gasteiger partial charge in [0.1, 0.15) is 0 Å². The van der Waals surface area contributed by atoms with Crippen molar-refractivity contribution in [3.63, 3.8) is 0 Å². The maximum absolute atomic E-state index is 8.64. The number of rotatable bonds is 2. The molecule has 1 aromatic heterocycles. The van der Waals surface area contributed by atoms with Crippen LogP contribution in [0.15, 0.2) is 18.2 Å². The number of fused-ring (bicyclic) bond motifs is 1. The third-order valence-electron chi connectivity index (χ3n) is 2.61. The maximum Gasteiger partial charge on any atom is 0.0700 e. The molecule has 0 saturated heterocycles. The van der Waals surface area contributed by atoms with Gasteiger partial charge >= 0.3 is 0 Å².